The minimum atomic E-state index is 0.373. The molecule has 1 atom stereocenters. The second-order valence-electron chi connectivity index (χ2n) is 6.19. The third kappa shape index (κ3) is 5.38. The zero-order valence-corrected chi connectivity index (χ0v) is 12.7. The van der Waals surface area contributed by atoms with E-state index in [0.29, 0.717) is 12.1 Å². The number of hydrogen-bond donors (Lipinski definition) is 1. The third-order valence-electron chi connectivity index (χ3n) is 4.33. The van der Waals surface area contributed by atoms with Gasteiger partial charge in [-0.05, 0) is 39.8 Å². The number of ether oxygens (including phenoxy) is 1. The van der Waals surface area contributed by atoms with Gasteiger partial charge in [-0.15, -0.1) is 0 Å². The summed E-state index contributed by atoms with van der Waals surface area (Å²) in [6.07, 6.45) is 4.56. The maximum Gasteiger partial charge on any atom is 0.0826 e. The van der Waals surface area contributed by atoms with Crippen LogP contribution < -0.4 is 5.32 Å². The van der Waals surface area contributed by atoms with E-state index in [-0.39, 0.29) is 0 Å². The van der Waals surface area contributed by atoms with Crippen LogP contribution in [0.5, 0.6) is 0 Å². The second-order valence-corrected chi connectivity index (χ2v) is 6.19. The van der Waals surface area contributed by atoms with Crippen molar-refractivity contribution in [3.8, 4) is 0 Å². The van der Waals surface area contributed by atoms with Crippen LogP contribution in [-0.4, -0.2) is 74.4 Å². The molecule has 2 aliphatic rings. The van der Waals surface area contributed by atoms with Crippen molar-refractivity contribution in [3.63, 3.8) is 0 Å². The smallest absolute Gasteiger partial charge is 0.0826 e. The topological polar surface area (TPSA) is 27.7 Å². The number of piperidine rings is 1. The molecule has 2 saturated heterocycles. The average molecular weight is 269 g/mol. The Hall–Kier alpha value is -0.160. The molecular formula is C15H31N3O. The number of hydrogen-bond acceptors (Lipinski definition) is 4. The predicted molar refractivity (Wildman–Crippen MR) is 79.6 cm³/mol. The largest absolute Gasteiger partial charge is 0.374 e. The minimum absolute atomic E-state index is 0.373. The van der Waals surface area contributed by atoms with Gasteiger partial charge >= 0.3 is 0 Å². The second kappa shape index (κ2) is 8.20. The molecule has 0 spiro atoms. The SMILES string of the molecule is CC(C)N1CCOC(CNCCN2CCCCC2)C1. The van der Waals surface area contributed by atoms with Crippen LogP contribution >= 0.6 is 0 Å². The van der Waals surface area contributed by atoms with Crippen molar-refractivity contribution in [1.82, 2.24) is 15.1 Å². The van der Waals surface area contributed by atoms with E-state index >= 15 is 0 Å². The lowest BCUT2D eigenvalue weighted by atomic mass is 10.1. The Bertz CT molecular complexity index is 242. The van der Waals surface area contributed by atoms with Crippen LogP contribution in [0.1, 0.15) is 33.1 Å². The van der Waals surface area contributed by atoms with Gasteiger partial charge in [-0.1, -0.05) is 6.42 Å². The van der Waals surface area contributed by atoms with Gasteiger partial charge < -0.3 is 15.0 Å². The van der Waals surface area contributed by atoms with Crippen molar-refractivity contribution in [2.75, 3.05) is 52.4 Å². The third-order valence-corrected chi connectivity index (χ3v) is 4.33. The highest BCUT2D eigenvalue weighted by molar-refractivity contribution is 4.76. The van der Waals surface area contributed by atoms with Crippen LogP contribution in [0.4, 0.5) is 0 Å². The van der Waals surface area contributed by atoms with E-state index in [2.05, 4.69) is 29.0 Å². The van der Waals surface area contributed by atoms with E-state index in [4.69, 9.17) is 4.74 Å². The molecule has 0 aromatic heterocycles. The van der Waals surface area contributed by atoms with Crippen molar-refractivity contribution in [3.05, 3.63) is 0 Å². The quantitative estimate of drug-likeness (QED) is 0.733. The molecule has 1 unspecified atom stereocenters. The number of rotatable bonds is 6. The summed E-state index contributed by atoms with van der Waals surface area (Å²) in [7, 11) is 0. The monoisotopic (exact) mass is 269 g/mol. The molecule has 112 valence electrons. The first kappa shape index (κ1) is 15.2. The Kier molecular flexibility index (Phi) is 6.57. The van der Waals surface area contributed by atoms with Crippen molar-refractivity contribution in [2.45, 2.75) is 45.3 Å². The molecule has 0 saturated carbocycles. The lowest BCUT2D eigenvalue weighted by molar-refractivity contribution is -0.0372. The highest BCUT2D eigenvalue weighted by Gasteiger charge is 2.21. The molecular weight excluding hydrogens is 238 g/mol. The predicted octanol–water partition coefficient (Wildman–Crippen LogP) is 1.17. The summed E-state index contributed by atoms with van der Waals surface area (Å²) in [6, 6.07) is 0.639. The fourth-order valence-corrected chi connectivity index (χ4v) is 3.02. The zero-order valence-electron chi connectivity index (χ0n) is 12.7. The van der Waals surface area contributed by atoms with Crippen LogP contribution in [0.3, 0.4) is 0 Å². The van der Waals surface area contributed by atoms with Gasteiger partial charge in [0.2, 0.25) is 0 Å². The average Bonchev–Trinajstić information content (AvgIpc) is 2.45. The van der Waals surface area contributed by atoms with E-state index in [1.54, 1.807) is 0 Å². The van der Waals surface area contributed by atoms with E-state index in [1.807, 2.05) is 0 Å². The van der Waals surface area contributed by atoms with Gasteiger partial charge in [-0.25, -0.2) is 0 Å². The van der Waals surface area contributed by atoms with Gasteiger partial charge in [0.25, 0.3) is 0 Å². The zero-order chi connectivity index (χ0) is 13.5. The molecule has 2 rings (SSSR count). The van der Waals surface area contributed by atoms with Crippen molar-refractivity contribution >= 4 is 0 Å². The maximum absolute atomic E-state index is 5.83. The van der Waals surface area contributed by atoms with Gasteiger partial charge in [-0.2, -0.15) is 0 Å². The van der Waals surface area contributed by atoms with Crippen LogP contribution in [0, 0.1) is 0 Å². The summed E-state index contributed by atoms with van der Waals surface area (Å²) in [6.45, 7) is 13.5. The number of nitrogens with zero attached hydrogens (tertiary/aromatic N) is 2. The van der Waals surface area contributed by atoms with Crippen LogP contribution in [0.2, 0.25) is 0 Å². The van der Waals surface area contributed by atoms with Gasteiger partial charge in [-0.3, -0.25) is 4.90 Å². The Morgan fingerprint density at radius 2 is 1.95 bits per heavy atom. The number of nitrogens with one attached hydrogen (secondary N) is 1. The van der Waals surface area contributed by atoms with Crippen LogP contribution in [0.15, 0.2) is 0 Å². The summed E-state index contributed by atoms with van der Waals surface area (Å²) in [4.78, 5) is 5.10. The van der Waals surface area contributed by atoms with E-state index in [0.717, 1.165) is 32.8 Å². The molecule has 1 N–H and O–H groups in total. The van der Waals surface area contributed by atoms with E-state index in [1.165, 1.54) is 38.9 Å². The van der Waals surface area contributed by atoms with Gasteiger partial charge in [0, 0.05) is 38.8 Å². The first-order valence-corrected chi connectivity index (χ1v) is 8.04. The Balaban J connectivity index is 1.55. The maximum atomic E-state index is 5.83. The molecule has 0 bridgehead atoms. The molecule has 0 aromatic carbocycles. The summed E-state index contributed by atoms with van der Waals surface area (Å²) < 4.78 is 5.83. The fraction of sp³-hybridized carbons (Fsp3) is 1.00. The summed E-state index contributed by atoms with van der Waals surface area (Å²) in [5.41, 5.74) is 0. The Morgan fingerprint density at radius 3 is 2.68 bits per heavy atom. The van der Waals surface area contributed by atoms with E-state index < -0.39 is 0 Å². The van der Waals surface area contributed by atoms with Crippen molar-refractivity contribution < 1.29 is 4.74 Å². The molecule has 0 aliphatic carbocycles. The fourth-order valence-electron chi connectivity index (χ4n) is 3.02. The van der Waals surface area contributed by atoms with Gasteiger partial charge in [0.15, 0.2) is 0 Å². The lowest BCUT2D eigenvalue weighted by Gasteiger charge is -2.35. The highest BCUT2D eigenvalue weighted by atomic mass is 16.5. The van der Waals surface area contributed by atoms with Gasteiger partial charge in [0.1, 0.15) is 0 Å². The standard InChI is InChI=1S/C15H31N3O/c1-14(2)18-10-11-19-15(13-18)12-16-6-9-17-7-4-3-5-8-17/h14-16H,3-13H2,1-2H3. The van der Waals surface area contributed by atoms with Crippen molar-refractivity contribution in [1.29, 1.82) is 0 Å². The van der Waals surface area contributed by atoms with Crippen LogP contribution in [0.25, 0.3) is 0 Å². The summed E-state index contributed by atoms with van der Waals surface area (Å²) in [5.74, 6) is 0. The van der Waals surface area contributed by atoms with Crippen LogP contribution in [-0.2, 0) is 4.74 Å². The molecule has 4 nitrogen and oxygen atoms in total. The summed E-state index contributed by atoms with van der Waals surface area (Å²) in [5, 5.41) is 3.57. The lowest BCUT2D eigenvalue weighted by Crippen LogP contribution is -2.49. The summed E-state index contributed by atoms with van der Waals surface area (Å²) >= 11 is 0. The molecule has 0 aromatic rings. The molecule has 2 heterocycles. The van der Waals surface area contributed by atoms with Gasteiger partial charge in [0.05, 0.1) is 12.7 Å². The molecule has 19 heavy (non-hydrogen) atoms. The Morgan fingerprint density at radius 1 is 1.16 bits per heavy atom. The number of morpholine rings is 1. The first-order valence-electron chi connectivity index (χ1n) is 8.04. The first-order chi connectivity index (χ1) is 9.25. The molecule has 2 aliphatic heterocycles. The molecule has 0 amide bonds. The highest BCUT2D eigenvalue weighted by Crippen LogP contribution is 2.09. The number of likely N-dealkylation sites (tertiary alicyclic amines) is 1. The van der Waals surface area contributed by atoms with E-state index in [9.17, 15) is 0 Å². The normalized spacial score (nSPS) is 27.0. The molecule has 0 radical (unpaired) electrons. The minimum Gasteiger partial charge on any atom is -0.374 e. The molecule has 2 fully saturated rings. The Labute approximate surface area is 118 Å². The molecule has 4 heteroatoms. The van der Waals surface area contributed by atoms with Crippen molar-refractivity contribution in [2.24, 2.45) is 0 Å².